The lowest BCUT2D eigenvalue weighted by Crippen LogP contribution is -2.17. The molecule has 0 aliphatic heterocycles. The van der Waals surface area contributed by atoms with Crippen LogP contribution in [0.3, 0.4) is 0 Å². The first kappa shape index (κ1) is 21.1. The molecular formula is C23H41N. The fourth-order valence-electron chi connectivity index (χ4n) is 3.44. The maximum atomic E-state index is 3.97. The predicted molar refractivity (Wildman–Crippen MR) is 109 cm³/mol. The number of hydrogen-bond donors (Lipinski definition) is 1. The summed E-state index contributed by atoms with van der Waals surface area (Å²) in [6.45, 7) is 9.51. The van der Waals surface area contributed by atoms with Gasteiger partial charge in [-0.25, -0.2) is 0 Å². The molecule has 24 heavy (non-hydrogen) atoms. The second kappa shape index (κ2) is 14.4. The molecule has 0 aromatic heterocycles. The van der Waals surface area contributed by atoms with E-state index in [2.05, 4.69) is 37.9 Å². The molecule has 1 aliphatic rings. The summed E-state index contributed by atoms with van der Waals surface area (Å²) in [4.78, 5) is 0. The van der Waals surface area contributed by atoms with Crippen LogP contribution in [0.2, 0.25) is 0 Å². The van der Waals surface area contributed by atoms with Crippen LogP contribution in [0.15, 0.2) is 35.6 Å². The molecule has 0 amide bonds. The van der Waals surface area contributed by atoms with Crippen molar-refractivity contribution in [2.75, 3.05) is 6.54 Å². The van der Waals surface area contributed by atoms with Crippen LogP contribution >= 0.6 is 0 Å². The molecule has 0 bridgehead atoms. The molecule has 0 radical (unpaired) electrons. The third-order valence-corrected chi connectivity index (χ3v) is 4.98. The molecule has 0 saturated heterocycles. The van der Waals surface area contributed by atoms with Gasteiger partial charge < -0.3 is 5.32 Å². The van der Waals surface area contributed by atoms with E-state index in [1.807, 2.05) is 0 Å². The molecule has 138 valence electrons. The second-order valence-corrected chi connectivity index (χ2v) is 7.45. The molecule has 0 spiro atoms. The quantitative estimate of drug-likeness (QED) is 0.242. The number of rotatable bonds is 15. The smallest absolute Gasteiger partial charge is 0.0328 e. The van der Waals surface area contributed by atoms with Crippen LogP contribution in [-0.4, -0.2) is 6.54 Å². The molecule has 1 nitrogen and oxygen atoms in total. The monoisotopic (exact) mass is 331 g/mol. The summed E-state index contributed by atoms with van der Waals surface area (Å²) in [6.07, 6.45) is 23.6. The molecular weight excluding hydrogens is 290 g/mol. The molecule has 0 heterocycles. The molecule has 0 saturated carbocycles. The average Bonchev–Trinajstić information content (AvgIpc) is 2.59. The summed E-state index contributed by atoms with van der Waals surface area (Å²) in [5.74, 6) is 0. The lowest BCUT2D eigenvalue weighted by atomic mass is 10.0. The highest BCUT2D eigenvalue weighted by Crippen LogP contribution is 2.19. The number of allylic oxidation sites excluding steroid dienone is 4. The van der Waals surface area contributed by atoms with Crippen molar-refractivity contribution in [1.82, 2.24) is 5.32 Å². The van der Waals surface area contributed by atoms with Crippen molar-refractivity contribution in [3.05, 3.63) is 35.6 Å². The second-order valence-electron chi connectivity index (χ2n) is 7.45. The fraction of sp³-hybridized carbons (Fsp3) is 0.739. The number of nitrogens with one attached hydrogen (secondary N) is 1. The van der Waals surface area contributed by atoms with Crippen LogP contribution in [0, 0.1) is 0 Å². The van der Waals surface area contributed by atoms with Gasteiger partial charge in [0.15, 0.2) is 0 Å². The number of hydrogen-bond acceptors (Lipinski definition) is 1. The summed E-state index contributed by atoms with van der Waals surface area (Å²) in [6, 6.07) is 0. The largest absolute Gasteiger partial charge is 0.385 e. The van der Waals surface area contributed by atoms with Crippen LogP contribution in [0.5, 0.6) is 0 Å². The molecule has 0 aromatic carbocycles. The van der Waals surface area contributed by atoms with Crippen molar-refractivity contribution < 1.29 is 0 Å². The van der Waals surface area contributed by atoms with Crippen LogP contribution in [-0.2, 0) is 0 Å². The number of unbranched alkanes of at least 4 members (excludes halogenated alkanes) is 9. The molecule has 0 fully saturated rings. The molecule has 0 aromatic rings. The van der Waals surface area contributed by atoms with E-state index in [0.717, 1.165) is 13.0 Å². The Labute approximate surface area is 151 Å². The molecule has 1 rings (SSSR count). The normalized spacial score (nSPS) is 14.2. The Kier molecular flexibility index (Phi) is 12.6. The van der Waals surface area contributed by atoms with Gasteiger partial charge in [-0.05, 0) is 51.0 Å². The minimum atomic E-state index is 1.14. The molecule has 0 unspecified atom stereocenters. The van der Waals surface area contributed by atoms with Crippen molar-refractivity contribution in [2.24, 2.45) is 0 Å². The minimum Gasteiger partial charge on any atom is -0.385 e. The Morgan fingerprint density at radius 3 is 2.00 bits per heavy atom. The predicted octanol–water partition coefficient (Wildman–Crippen LogP) is 7.46. The maximum absolute atomic E-state index is 3.97. The summed E-state index contributed by atoms with van der Waals surface area (Å²) < 4.78 is 0. The topological polar surface area (TPSA) is 12.0 Å². The Balaban J connectivity index is 1.83. The van der Waals surface area contributed by atoms with Gasteiger partial charge in [0.1, 0.15) is 0 Å². The fourth-order valence-corrected chi connectivity index (χ4v) is 3.44. The van der Waals surface area contributed by atoms with Crippen molar-refractivity contribution in [1.29, 1.82) is 0 Å². The summed E-state index contributed by atoms with van der Waals surface area (Å²) in [5.41, 5.74) is 4.27. The highest BCUT2D eigenvalue weighted by Gasteiger charge is 2.05. The van der Waals surface area contributed by atoms with Crippen molar-refractivity contribution in [2.45, 2.75) is 104 Å². The van der Waals surface area contributed by atoms with Crippen LogP contribution in [0.4, 0.5) is 0 Å². The van der Waals surface area contributed by atoms with Gasteiger partial charge in [-0.1, -0.05) is 76.0 Å². The first-order chi connectivity index (χ1) is 11.7. The van der Waals surface area contributed by atoms with E-state index < -0.39 is 0 Å². The SMILES string of the molecule is C=C(C)CCCCCCCCCCCCNC1=CCCC=C1CC. The summed E-state index contributed by atoms with van der Waals surface area (Å²) in [7, 11) is 0. The zero-order valence-corrected chi connectivity index (χ0v) is 16.5. The molecule has 1 N–H and O–H groups in total. The zero-order valence-electron chi connectivity index (χ0n) is 16.5. The van der Waals surface area contributed by atoms with E-state index in [0.29, 0.717) is 0 Å². The van der Waals surface area contributed by atoms with Gasteiger partial charge >= 0.3 is 0 Å². The Hall–Kier alpha value is -0.980. The highest BCUT2D eigenvalue weighted by molar-refractivity contribution is 5.31. The van der Waals surface area contributed by atoms with Gasteiger partial charge in [0, 0.05) is 12.2 Å². The maximum Gasteiger partial charge on any atom is 0.0328 e. The average molecular weight is 332 g/mol. The molecule has 1 aliphatic carbocycles. The van der Waals surface area contributed by atoms with Crippen molar-refractivity contribution in [3.8, 4) is 0 Å². The van der Waals surface area contributed by atoms with Crippen LogP contribution in [0.25, 0.3) is 0 Å². The molecule has 1 heteroatoms. The first-order valence-electron chi connectivity index (χ1n) is 10.5. The van der Waals surface area contributed by atoms with E-state index in [-0.39, 0.29) is 0 Å². The van der Waals surface area contributed by atoms with Crippen LogP contribution in [0.1, 0.15) is 104 Å². The van der Waals surface area contributed by atoms with Gasteiger partial charge in [0.2, 0.25) is 0 Å². The van der Waals surface area contributed by atoms with Gasteiger partial charge in [0.05, 0.1) is 0 Å². The van der Waals surface area contributed by atoms with E-state index in [1.165, 1.54) is 100 Å². The van der Waals surface area contributed by atoms with Crippen molar-refractivity contribution >= 4 is 0 Å². The third kappa shape index (κ3) is 10.7. The summed E-state index contributed by atoms with van der Waals surface area (Å²) >= 11 is 0. The van der Waals surface area contributed by atoms with Gasteiger partial charge in [-0.2, -0.15) is 0 Å². The standard InChI is InChI=1S/C23H41N/c1-4-22-18-14-15-19-23(22)24-20-16-12-10-8-6-5-7-9-11-13-17-21(2)3/h18-19,24H,2,4-17,20H2,1,3H3. The highest BCUT2D eigenvalue weighted by atomic mass is 14.9. The van der Waals surface area contributed by atoms with Gasteiger partial charge in [-0.15, -0.1) is 6.58 Å². The van der Waals surface area contributed by atoms with Crippen LogP contribution < -0.4 is 5.32 Å². The minimum absolute atomic E-state index is 1.14. The van der Waals surface area contributed by atoms with E-state index in [4.69, 9.17) is 0 Å². The first-order valence-corrected chi connectivity index (χ1v) is 10.5. The van der Waals surface area contributed by atoms with E-state index in [9.17, 15) is 0 Å². The van der Waals surface area contributed by atoms with Gasteiger partial charge in [-0.3, -0.25) is 0 Å². The Morgan fingerprint density at radius 1 is 0.875 bits per heavy atom. The third-order valence-electron chi connectivity index (χ3n) is 4.98. The lowest BCUT2D eigenvalue weighted by molar-refractivity contribution is 0.547. The Morgan fingerprint density at radius 2 is 1.42 bits per heavy atom. The molecule has 0 atom stereocenters. The lowest BCUT2D eigenvalue weighted by Gasteiger charge is -2.17. The van der Waals surface area contributed by atoms with Gasteiger partial charge in [0.25, 0.3) is 0 Å². The van der Waals surface area contributed by atoms with E-state index in [1.54, 1.807) is 0 Å². The Bertz CT molecular complexity index is 389. The van der Waals surface area contributed by atoms with E-state index >= 15 is 0 Å². The zero-order chi connectivity index (χ0) is 17.5. The summed E-state index contributed by atoms with van der Waals surface area (Å²) in [5, 5.41) is 3.65. The van der Waals surface area contributed by atoms with Crippen molar-refractivity contribution in [3.63, 3.8) is 0 Å².